The van der Waals surface area contributed by atoms with Crippen LogP contribution < -0.4 is 15.8 Å². The summed E-state index contributed by atoms with van der Waals surface area (Å²) in [5, 5.41) is 2.49. The van der Waals surface area contributed by atoms with Crippen LogP contribution in [-0.2, 0) is 0 Å². The average molecular weight is 244 g/mol. The highest BCUT2D eigenvalue weighted by Gasteiger charge is 2.07. The van der Waals surface area contributed by atoms with Crippen molar-refractivity contribution in [1.82, 2.24) is 15.3 Å². The Kier molecular flexibility index (Phi) is 3.38. The third-order valence-electron chi connectivity index (χ3n) is 2.16. The van der Waals surface area contributed by atoms with Crippen molar-refractivity contribution in [3.05, 3.63) is 42.2 Å². The lowest BCUT2D eigenvalue weighted by atomic mass is 10.3. The van der Waals surface area contributed by atoms with Gasteiger partial charge in [-0.25, -0.2) is 0 Å². The third-order valence-corrected chi connectivity index (χ3v) is 2.16. The molecule has 2 rings (SSSR count). The Morgan fingerprint density at radius 1 is 1.39 bits per heavy atom. The van der Waals surface area contributed by atoms with Gasteiger partial charge in [0.2, 0.25) is 5.88 Å². The maximum absolute atomic E-state index is 11.4. The molecule has 0 radical (unpaired) electrons. The predicted molar refractivity (Wildman–Crippen MR) is 66.4 cm³/mol. The molecule has 6 nitrogen and oxygen atoms in total. The molecule has 6 heteroatoms. The summed E-state index contributed by atoms with van der Waals surface area (Å²) < 4.78 is 5.48. The minimum atomic E-state index is -0.277. The van der Waals surface area contributed by atoms with Gasteiger partial charge >= 0.3 is 0 Å². The Hall–Kier alpha value is -2.63. The van der Waals surface area contributed by atoms with Crippen LogP contribution in [0, 0.1) is 0 Å². The topological polar surface area (TPSA) is 90.1 Å². The molecule has 2 aromatic rings. The monoisotopic (exact) mass is 244 g/mol. The fraction of sp³-hybridized carbons (Fsp3) is 0.0833. The van der Waals surface area contributed by atoms with Crippen molar-refractivity contribution in [3.8, 4) is 11.6 Å². The number of anilines is 1. The second kappa shape index (κ2) is 5.13. The summed E-state index contributed by atoms with van der Waals surface area (Å²) >= 11 is 0. The Morgan fingerprint density at radius 2 is 2.22 bits per heavy atom. The molecule has 0 fully saturated rings. The number of hydrogen-bond acceptors (Lipinski definition) is 5. The first-order chi connectivity index (χ1) is 8.69. The molecule has 0 saturated heterocycles. The van der Waals surface area contributed by atoms with Gasteiger partial charge in [-0.05, 0) is 12.1 Å². The minimum Gasteiger partial charge on any atom is -0.439 e. The number of amides is 1. The molecule has 0 aromatic carbocycles. The first-order valence-electron chi connectivity index (χ1n) is 5.27. The summed E-state index contributed by atoms with van der Waals surface area (Å²) in [5.74, 6) is 0.930. The van der Waals surface area contributed by atoms with E-state index < -0.39 is 0 Å². The molecule has 0 aliphatic carbocycles. The minimum absolute atomic E-state index is 0.277. The third kappa shape index (κ3) is 2.73. The molecule has 18 heavy (non-hydrogen) atoms. The van der Waals surface area contributed by atoms with Crippen molar-refractivity contribution < 1.29 is 9.53 Å². The van der Waals surface area contributed by atoms with Crippen LogP contribution in [0.1, 0.15) is 10.5 Å². The van der Waals surface area contributed by atoms with Crippen molar-refractivity contribution in [3.63, 3.8) is 0 Å². The second-order valence-corrected chi connectivity index (χ2v) is 3.46. The number of ether oxygens (including phenoxy) is 1. The summed E-state index contributed by atoms with van der Waals surface area (Å²) in [6, 6.07) is 8.24. The smallest absolute Gasteiger partial charge is 0.269 e. The highest BCUT2D eigenvalue weighted by molar-refractivity contribution is 5.92. The first-order valence-corrected chi connectivity index (χ1v) is 5.27. The lowest BCUT2D eigenvalue weighted by Crippen LogP contribution is -2.18. The highest BCUT2D eigenvalue weighted by atomic mass is 16.5. The van der Waals surface area contributed by atoms with E-state index in [-0.39, 0.29) is 11.6 Å². The van der Waals surface area contributed by atoms with Crippen molar-refractivity contribution in [1.29, 1.82) is 0 Å². The van der Waals surface area contributed by atoms with E-state index in [1.54, 1.807) is 24.3 Å². The fourth-order valence-corrected chi connectivity index (χ4v) is 1.34. The number of nitrogen functional groups attached to an aromatic ring is 1. The number of aromatic nitrogens is 2. The van der Waals surface area contributed by atoms with Gasteiger partial charge in [0.05, 0.1) is 0 Å². The van der Waals surface area contributed by atoms with Gasteiger partial charge in [0.15, 0.2) is 0 Å². The zero-order chi connectivity index (χ0) is 13.0. The Morgan fingerprint density at radius 3 is 2.94 bits per heavy atom. The van der Waals surface area contributed by atoms with E-state index in [9.17, 15) is 4.79 Å². The summed E-state index contributed by atoms with van der Waals surface area (Å²) in [6.07, 6.45) is 1.49. The normalized spacial score (nSPS) is 9.83. The molecule has 92 valence electrons. The number of nitrogens with zero attached hydrogens (tertiary/aromatic N) is 2. The molecular formula is C12H12N4O2. The Labute approximate surface area is 104 Å². The van der Waals surface area contributed by atoms with Crippen LogP contribution in [0.2, 0.25) is 0 Å². The Bertz CT molecular complexity index is 572. The van der Waals surface area contributed by atoms with E-state index in [0.29, 0.717) is 17.4 Å². The van der Waals surface area contributed by atoms with Crippen molar-refractivity contribution in [2.24, 2.45) is 0 Å². The molecule has 0 spiro atoms. The van der Waals surface area contributed by atoms with Crippen molar-refractivity contribution in [2.75, 3.05) is 12.8 Å². The molecule has 2 aromatic heterocycles. The van der Waals surface area contributed by atoms with Gasteiger partial charge < -0.3 is 15.8 Å². The lowest BCUT2D eigenvalue weighted by molar-refractivity contribution is 0.0958. The van der Waals surface area contributed by atoms with Crippen LogP contribution in [0.5, 0.6) is 11.6 Å². The van der Waals surface area contributed by atoms with Gasteiger partial charge in [-0.15, -0.1) is 0 Å². The van der Waals surface area contributed by atoms with Gasteiger partial charge in [0, 0.05) is 25.4 Å². The number of carbonyl (C=O) groups excluding carboxylic acids is 1. The number of hydrogen-bond donors (Lipinski definition) is 2. The van der Waals surface area contributed by atoms with Gasteiger partial charge in [-0.3, -0.25) is 9.78 Å². The quantitative estimate of drug-likeness (QED) is 0.847. The largest absolute Gasteiger partial charge is 0.439 e. The highest BCUT2D eigenvalue weighted by Crippen LogP contribution is 2.20. The maximum atomic E-state index is 11.4. The second-order valence-electron chi connectivity index (χ2n) is 3.46. The number of rotatable bonds is 3. The molecule has 0 aliphatic heterocycles. The van der Waals surface area contributed by atoms with Gasteiger partial charge in [-0.1, -0.05) is 6.07 Å². The molecule has 2 heterocycles. The van der Waals surface area contributed by atoms with Crippen LogP contribution in [0.15, 0.2) is 36.5 Å². The molecule has 0 bridgehead atoms. The molecule has 0 saturated carbocycles. The summed E-state index contributed by atoms with van der Waals surface area (Å²) in [5.41, 5.74) is 5.82. The molecular weight excluding hydrogens is 232 g/mol. The fourth-order valence-electron chi connectivity index (χ4n) is 1.34. The average Bonchev–Trinajstić information content (AvgIpc) is 2.38. The van der Waals surface area contributed by atoms with Crippen LogP contribution >= 0.6 is 0 Å². The van der Waals surface area contributed by atoms with E-state index in [4.69, 9.17) is 10.5 Å². The lowest BCUT2D eigenvalue weighted by Gasteiger charge is -2.06. The van der Waals surface area contributed by atoms with Crippen molar-refractivity contribution >= 4 is 11.7 Å². The van der Waals surface area contributed by atoms with E-state index >= 15 is 0 Å². The van der Waals surface area contributed by atoms with E-state index in [2.05, 4.69) is 15.3 Å². The van der Waals surface area contributed by atoms with Crippen LogP contribution in [0.3, 0.4) is 0 Å². The summed E-state index contributed by atoms with van der Waals surface area (Å²) in [6.45, 7) is 0. The van der Waals surface area contributed by atoms with Crippen LogP contribution in [0.4, 0.5) is 5.82 Å². The SMILES string of the molecule is CNC(=O)c1cc(Oc2cccc(N)n2)ccn1. The van der Waals surface area contributed by atoms with Crippen molar-refractivity contribution in [2.45, 2.75) is 0 Å². The molecule has 0 aliphatic rings. The van der Waals surface area contributed by atoms with Gasteiger partial charge in [0.1, 0.15) is 17.3 Å². The first kappa shape index (κ1) is 11.8. The summed E-state index contributed by atoms with van der Waals surface area (Å²) in [7, 11) is 1.54. The molecule has 0 unspecified atom stereocenters. The number of nitrogens with two attached hydrogens (primary N) is 1. The summed E-state index contributed by atoms with van der Waals surface area (Å²) in [4.78, 5) is 19.3. The number of pyridine rings is 2. The zero-order valence-electron chi connectivity index (χ0n) is 9.75. The molecule has 3 N–H and O–H groups in total. The van der Waals surface area contributed by atoms with Crippen LogP contribution in [-0.4, -0.2) is 22.9 Å². The molecule has 0 atom stereocenters. The van der Waals surface area contributed by atoms with E-state index in [0.717, 1.165) is 0 Å². The van der Waals surface area contributed by atoms with Crippen LogP contribution in [0.25, 0.3) is 0 Å². The number of nitrogens with one attached hydrogen (secondary N) is 1. The predicted octanol–water partition coefficient (Wildman–Crippen LogP) is 1.21. The Balaban J connectivity index is 2.22. The van der Waals surface area contributed by atoms with E-state index in [1.165, 1.54) is 19.3 Å². The van der Waals surface area contributed by atoms with Gasteiger partial charge in [-0.2, -0.15) is 4.98 Å². The maximum Gasteiger partial charge on any atom is 0.269 e. The number of carbonyl (C=O) groups is 1. The molecule has 1 amide bonds. The standard InChI is InChI=1S/C12H12N4O2/c1-14-12(17)9-7-8(5-6-15-9)18-11-4-2-3-10(13)16-11/h2-7H,1H3,(H2,13,16)(H,14,17). The van der Waals surface area contributed by atoms with Gasteiger partial charge in [0.25, 0.3) is 5.91 Å². The van der Waals surface area contributed by atoms with E-state index in [1.807, 2.05) is 0 Å². The zero-order valence-corrected chi connectivity index (χ0v) is 9.75.